The van der Waals surface area contributed by atoms with E-state index in [4.69, 9.17) is 9.68 Å². The van der Waals surface area contributed by atoms with Crippen LogP contribution in [0.3, 0.4) is 0 Å². The molecule has 19 heteroatoms. The largest absolute Gasteiger partial charge is 0.344 e. The first-order valence-corrected chi connectivity index (χ1v) is 24.3. The third-order valence-corrected chi connectivity index (χ3v) is 13.8. The standard InChI is InChI=1S/C44H52N4O13S2/c1-43(2)31-27-29(62(5,55)56)17-19-33(31)45(25-10-6-8-15-41(53)60-47-37(49)21-22-38(47)50)35(43)13-12-14-36-44(3,4)32-28-30(63(57,58)59)18-20-34(32)46(36)26-11-7-9-16-42(54)61-48-39(51)23-24-40(48)52/h12-14,17-20,27-28H,6-11,15-16,21-26H2,1-5H3/p+1. The summed E-state index contributed by atoms with van der Waals surface area (Å²) in [6.07, 6.45) is 10.3. The number of unbranched alkanes of at least 4 members (excludes halogenated alkanes) is 4. The molecule has 2 fully saturated rings. The van der Waals surface area contributed by atoms with E-state index in [-0.39, 0.29) is 48.3 Å². The van der Waals surface area contributed by atoms with E-state index in [1.807, 2.05) is 45.9 Å². The first-order valence-electron chi connectivity index (χ1n) is 20.9. The summed E-state index contributed by atoms with van der Waals surface area (Å²) >= 11 is 0. The number of imide groups is 2. The molecule has 0 atom stereocenters. The normalized spacial score (nSPS) is 19.0. The van der Waals surface area contributed by atoms with E-state index in [1.54, 1.807) is 24.3 Å². The van der Waals surface area contributed by atoms with Crippen LogP contribution in [0.4, 0.5) is 11.4 Å². The Morgan fingerprint density at radius 3 is 1.78 bits per heavy atom. The number of amides is 4. The summed E-state index contributed by atoms with van der Waals surface area (Å²) in [5.41, 5.74) is 3.39. The second-order valence-corrected chi connectivity index (χ2v) is 20.6. The van der Waals surface area contributed by atoms with E-state index in [2.05, 4.69) is 9.48 Å². The number of hydrogen-bond acceptors (Lipinski definition) is 13. The van der Waals surface area contributed by atoms with Gasteiger partial charge >= 0.3 is 11.9 Å². The highest BCUT2D eigenvalue weighted by Gasteiger charge is 2.45. The van der Waals surface area contributed by atoms with Gasteiger partial charge in [-0.05, 0) is 81.5 Å². The molecule has 4 amide bonds. The third kappa shape index (κ3) is 10.2. The highest BCUT2D eigenvalue weighted by molar-refractivity contribution is 7.90. The molecular formula is C44H53N4O13S2+. The SMILES string of the molecule is CC1(C)C(=CC=CC2=[N+](CCCCCC(=O)ON3C(=O)CCC3=O)c3ccc(S(C)(=O)=O)cc3C2(C)C)N(CCCCCC(=O)ON2C(=O)CCC2=O)c2ccc(S(=O)(=O)O)cc21. The van der Waals surface area contributed by atoms with Crippen LogP contribution in [0.2, 0.25) is 0 Å². The molecule has 0 bridgehead atoms. The van der Waals surface area contributed by atoms with E-state index in [1.165, 1.54) is 12.1 Å². The van der Waals surface area contributed by atoms with Gasteiger partial charge in [0.05, 0.1) is 15.2 Å². The molecule has 0 radical (unpaired) electrons. The molecule has 2 aromatic carbocycles. The Hall–Kier alpha value is -5.53. The van der Waals surface area contributed by atoms with Crippen LogP contribution >= 0.6 is 0 Å². The Labute approximate surface area is 367 Å². The molecule has 0 spiro atoms. The lowest BCUT2D eigenvalue weighted by Crippen LogP contribution is -2.32. The summed E-state index contributed by atoms with van der Waals surface area (Å²) < 4.78 is 61.7. The Balaban J connectivity index is 1.22. The van der Waals surface area contributed by atoms with Gasteiger partial charge in [0, 0.05) is 92.3 Å². The number of anilines is 1. The minimum Gasteiger partial charge on any atom is -0.344 e. The predicted octanol–water partition coefficient (Wildman–Crippen LogP) is 5.29. The number of allylic oxidation sites excluding steroid dienone is 4. The van der Waals surface area contributed by atoms with Gasteiger partial charge in [-0.2, -0.15) is 13.0 Å². The smallest absolute Gasteiger partial charge is 0.333 e. The van der Waals surface area contributed by atoms with Gasteiger partial charge in [-0.15, -0.1) is 10.1 Å². The fourth-order valence-electron chi connectivity index (χ4n) is 8.46. The van der Waals surface area contributed by atoms with E-state index in [0.29, 0.717) is 67.3 Å². The number of rotatable bonds is 18. The van der Waals surface area contributed by atoms with E-state index in [0.717, 1.165) is 34.6 Å². The fraction of sp³-hybridized carbons (Fsp3) is 0.477. The number of nitrogens with zero attached hydrogens (tertiary/aromatic N) is 4. The number of carbonyl (C=O) groups excluding carboxylic acids is 6. The van der Waals surface area contributed by atoms with Crippen molar-refractivity contribution in [2.24, 2.45) is 0 Å². The zero-order valence-electron chi connectivity index (χ0n) is 36.0. The topological polar surface area (TPSA) is 222 Å². The third-order valence-electron chi connectivity index (χ3n) is 11.9. The summed E-state index contributed by atoms with van der Waals surface area (Å²) in [4.78, 5) is 84.2. The van der Waals surface area contributed by atoms with Crippen molar-refractivity contribution in [3.8, 4) is 0 Å². The summed E-state index contributed by atoms with van der Waals surface area (Å²) in [6.45, 7) is 8.92. The summed E-state index contributed by atoms with van der Waals surface area (Å²) in [6, 6.07) is 9.55. The van der Waals surface area contributed by atoms with Crippen molar-refractivity contribution in [2.75, 3.05) is 24.2 Å². The van der Waals surface area contributed by atoms with Crippen molar-refractivity contribution in [2.45, 2.75) is 125 Å². The maximum atomic E-state index is 12.6. The Kier molecular flexibility index (Phi) is 13.6. The van der Waals surface area contributed by atoms with E-state index < -0.39 is 66.4 Å². The lowest BCUT2D eigenvalue weighted by molar-refractivity contribution is -0.438. The van der Waals surface area contributed by atoms with Gasteiger partial charge in [-0.25, -0.2) is 18.0 Å². The molecule has 4 aliphatic heterocycles. The molecule has 0 unspecified atom stereocenters. The molecule has 0 saturated carbocycles. The molecule has 17 nitrogen and oxygen atoms in total. The number of hydroxylamine groups is 4. The zero-order chi connectivity index (χ0) is 46.1. The number of benzene rings is 2. The van der Waals surface area contributed by atoms with Crippen LogP contribution in [-0.4, -0.2) is 96.7 Å². The monoisotopic (exact) mass is 909 g/mol. The molecule has 338 valence electrons. The van der Waals surface area contributed by atoms with Crippen molar-refractivity contribution in [1.82, 2.24) is 10.1 Å². The van der Waals surface area contributed by atoms with Gasteiger partial charge < -0.3 is 14.6 Å². The quantitative estimate of drug-likeness (QED) is 0.0870. The van der Waals surface area contributed by atoms with Gasteiger partial charge in [0.2, 0.25) is 5.69 Å². The summed E-state index contributed by atoms with van der Waals surface area (Å²) in [7, 11) is -8.03. The molecule has 0 aliphatic carbocycles. The minimum atomic E-state index is -4.51. The van der Waals surface area contributed by atoms with Crippen molar-refractivity contribution in [3.63, 3.8) is 0 Å². The average molecular weight is 910 g/mol. The van der Waals surface area contributed by atoms with Gasteiger partial charge in [0.25, 0.3) is 33.7 Å². The van der Waals surface area contributed by atoms with Gasteiger partial charge in [0.1, 0.15) is 6.54 Å². The second kappa shape index (κ2) is 18.3. The highest BCUT2D eigenvalue weighted by atomic mass is 32.2. The fourth-order valence-corrected chi connectivity index (χ4v) is 9.61. The molecule has 0 aromatic heterocycles. The lowest BCUT2D eigenvalue weighted by atomic mass is 9.81. The average Bonchev–Trinajstić information content (AvgIpc) is 3.83. The molecule has 4 aliphatic rings. The molecule has 6 rings (SSSR count). The Morgan fingerprint density at radius 1 is 0.714 bits per heavy atom. The molecule has 4 heterocycles. The van der Waals surface area contributed by atoms with Crippen LogP contribution < -0.4 is 4.90 Å². The second-order valence-electron chi connectivity index (χ2n) is 17.2. The molecular weight excluding hydrogens is 857 g/mol. The van der Waals surface area contributed by atoms with E-state index >= 15 is 0 Å². The molecule has 1 N–H and O–H groups in total. The van der Waals surface area contributed by atoms with Gasteiger partial charge in [-0.1, -0.05) is 26.3 Å². The molecule has 63 heavy (non-hydrogen) atoms. The predicted molar refractivity (Wildman–Crippen MR) is 228 cm³/mol. The number of fused-ring (bicyclic) bond motifs is 2. The number of hydrogen-bond donors (Lipinski definition) is 1. The first kappa shape index (κ1) is 47.0. The van der Waals surface area contributed by atoms with Gasteiger partial charge in [-0.3, -0.25) is 23.7 Å². The van der Waals surface area contributed by atoms with Crippen molar-refractivity contribution < 1.29 is 64.4 Å². The van der Waals surface area contributed by atoms with E-state index in [9.17, 15) is 50.2 Å². The lowest BCUT2D eigenvalue weighted by Gasteiger charge is -2.27. The Morgan fingerprint density at radius 2 is 1.24 bits per heavy atom. The number of sulfone groups is 1. The summed E-state index contributed by atoms with van der Waals surface area (Å²) in [5, 5.41) is 1.07. The summed E-state index contributed by atoms with van der Waals surface area (Å²) in [5.74, 6) is -3.53. The maximum absolute atomic E-state index is 12.6. The first-order chi connectivity index (χ1) is 29.5. The van der Waals surface area contributed by atoms with Crippen LogP contribution in [0, 0.1) is 0 Å². The van der Waals surface area contributed by atoms with Crippen molar-refractivity contribution >= 4 is 72.6 Å². The molecule has 2 aromatic rings. The Bertz CT molecular complexity index is 2540. The maximum Gasteiger partial charge on any atom is 0.333 e. The number of carbonyl (C=O) groups is 6. The minimum absolute atomic E-state index is 0.00311. The van der Waals surface area contributed by atoms with Crippen molar-refractivity contribution in [1.29, 1.82) is 0 Å². The van der Waals surface area contributed by atoms with Crippen LogP contribution in [0.15, 0.2) is 70.1 Å². The van der Waals surface area contributed by atoms with Crippen LogP contribution in [0.1, 0.15) is 116 Å². The van der Waals surface area contributed by atoms with Crippen LogP contribution in [0.25, 0.3) is 0 Å². The van der Waals surface area contributed by atoms with Crippen molar-refractivity contribution in [3.05, 3.63) is 71.5 Å². The van der Waals surface area contributed by atoms with Crippen LogP contribution in [0.5, 0.6) is 0 Å². The van der Waals surface area contributed by atoms with Gasteiger partial charge in [0.15, 0.2) is 15.5 Å². The van der Waals surface area contributed by atoms with Crippen LogP contribution in [-0.2, 0) is 69.2 Å². The molecule has 2 saturated heterocycles. The zero-order valence-corrected chi connectivity index (χ0v) is 37.7. The highest BCUT2D eigenvalue weighted by Crippen LogP contribution is 2.49.